The van der Waals surface area contributed by atoms with Gasteiger partial charge in [-0.15, -0.1) is 5.92 Å². The van der Waals surface area contributed by atoms with Crippen molar-refractivity contribution >= 4 is 0 Å². The molecule has 1 nitrogen and oxygen atoms in total. The predicted octanol–water partition coefficient (Wildman–Crippen LogP) is 2.46. The van der Waals surface area contributed by atoms with Gasteiger partial charge in [0.2, 0.25) is 0 Å². The summed E-state index contributed by atoms with van der Waals surface area (Å²) in [5, 5.41) is 0. The van der Waals surface area contributed by atoms with E-state index in [0.29, 0.717) is 5.41 Å². The van der Waals surface area contributed by atoms with Crippen molar-refractivity contribution in [2.75, 3.05) is 13.2 Å². The first-order valence-corrected chi connectivity index (χ1v) is 4.49. The Morgan fingerprint density at radius 2 is 1.92 bits per heavy atom. The van der Waals surface area contributed by atoms with E-state index in [1.807, 2.05) is 0 Å². The van der Waals surface area contributed by atoms with Crippen LogP contribution < -0.4 is 0 Å². The zero-order valence-corrected chi connectivity index (χ0v) is 8.53. The summed E-state index contributed by atoms with van der Waals surface area (Å²) in [4.78, 5) is 0. The molecule has 0 aliphatic carbocycles. The van der Waals surface area contributed by atoms with Crippen molar-refractivity contribution in [1.29, 1.82) is 0 Å². The number of rotatable bonds is 1. The van der Waals surface area contributed by atoms with Gasteiger partial charge < -0.3 is 4.74 Å². The smallest absolute Gasteiger partial charge is 0.0551 e. The average Bonchev–Trinajstić information content (AvgIpc) is 1.81. The molecule has 0 aromatic heterocycles. The van der Waals surface area contributed by atoms with E-state index in [-0.39, 0.29) is 5.41 Å². The molecular formula is C11H18O. The first-order chi connectivity index (χ1) is 5.41. The Labute approximate surface area is 75.5 Å². The first-order valence-electron chi connectivity index (χ1n) is 4.49. The van der Waals surface area contributed by atoms with Crippen LogP contribution in [0, 0.1) is 22.7 Å². The number of hydrogen-bond acceptors (Lipinski definition) is 1. The lowest BCUT2D eigenvalue weighted by atomic mass is 9.84. The molecule has 12 heavy (non-hydrogen) atoms. The van der Waals surface area contributed by atoms with Crippen LogP contribution in [-0.2, 0) is 4.74 Å². The maximum absolute atomic E-state index is 5.15. The van der Waals surface area contributed by atoms with Crippen LogP contribution in [0.3, 0.4) is 0 Å². The van der Waals surface area contributed by atoms with Crippen LogP contribution in [0.25, 0.3) is 0 Å². The molecule has 0 spiro atoms. The average molecular weight is 166 g/mol. The van der Waals surface area contributed by atoms with Gasteiger partial charge in [-0.25, -0.2) is 0 Å². The van der Waals surface area contributed by atoms with Crippen molar-refractivity contribution in [2.45, 2.75) is 34.1 Å². The molecule has 0 radical (unpaired) electrons. The van der Waals surface area contributed by atoms with Gasteiger partial charge in [-0.2, -0.15) is 0 Å². The van der Waals surface area contributed by atoms with Crippen LogP contribution in [-0.4, -0.2) is 13.2 Å². The van der Waals surface area contributed by atoms with Crippen molar-refractivity contribution in [2.24, 2.45) is 10.8 Å². The summed E-state index contributed by atoms with van der Waals surface area (Å²) in [6.07, 6.45) is 0.976. The van der Waals surface area contributed by atoms with Crippen LogP contribution in [0.4, 0.5) is 0 Å². The van der Waals surface area contributed by atoms with E-state index < -0.39 is 0 Å². The minimum Gasteiger partial charge on any atom is -0.380 e. The lowest BCUT2D eigenvalue weighted by Gasteiger charge is -2.36. The summed E-state index contributed by atoms with van der Waals surface area (Å²) in [6.45, 7) is 10.4. The Hall–Kier alpha value is -0.480. The van der Waals surface area contributed by atoms with Crippen LogP contribution in [0.2, 0.25) is 0 Å². The Balaban J connectivity index is 2.37. The minimum absolute atomic E-state index is 0.140. The van der Waals surface area contributed by atoms with E-state index in [9.17, 15) is 0 Å². The highest BCUT2D eigenvalue weighted by Gasteiger charge is 2.32. The number of ether oxygens (including phenoxy) is 1. The molecule has 0 bridgehead atoms. The Morgan fingerprint density at radius 1 is 1.33 bits per heavy atom. The fraction of sp³-hybridized carbons (Fsp3) is 0.818. The van der Waals surface area contributed by atoms with E-state index >= 15 is 0 Å². The fourth-order valence-electron chi connectivity index (χ4n) is 1.08. The summed E-state index contributed by atoms with van der Waals surface area (Å²) in [5.41, 5.74) is 0.485. The van der Waals surface area contributed by atoms with Gasteiger partial charge in [-0.3, -0.25) is 0 Å². The van der Waals surface area contributed by atoms with Gasteiger partial charge in [0.15, 0.2) is 0 Å². The van der Waals surface area contributed by atoms with Gasteiger partial charge in [-0.05, 0) is 20.8 Å². The molecule has 0 unspecified atom stereocenters. The van der Waals surface area contributed by atoms with Crippen LogP contribution in [0.15, 0.2) is 0 Å². The molecule has 0 amide bonds. The SMILES string of the molecule is CC(C)(C)C#CCC1(C)COC1. The molecule has 0 aromatic carbocycles. The van der Waals surface area contributed by atoms with E-state index in [1.165, 1.54) is 0 Å². The second-order valence-corrected chi connectivity index (χ2v) is 5.03. The lowest BCUT2D eigenvalue weighted by Crippen LogP contribution is -2.39. The standard InChI is InChI=1S/C11H18O/c1-10(2,3)6-5-7-11(4)8-12-9-11/h7-9H2,1-4H3. The molecule has 1 heteroatoms. The quantitative estimate of drug-likeness (QED) is 0.544. The molecule has 0 aromatic rings. The fourth-order valence-corrected chi connectivity index (χ4v) is 1.08. The summed E-state index contributed by atoms with van der Waals surface area (Å²) in [6, 6.07) is 0. The van der Waals surface area contributed by atoms with E-state index in [4.69, 9.17) is 4.74 Å². The predicted molar refractivity (Wildman–Crippen MR) is 50.8 cm³/mol. The molecule has 68 valence electrons. The highest BCUT2D eigenvalue weighted by Crippen LogP contribution is 2.29. The Kier molecular flexibility index (Phi) is 2.49. The molecule has 1 aliphatic rings. The maximum atomic E-state index is 5.15. The summed E-state index contributed by atoms with van der Waals surface area (Å²) in [5.74, 6) is 6.48. The van der Waals surface area contributed by atoms with Gasteiger partial charge in [0, 0.05) is 17.3 Å². The van der Waals surface area contributed by atoms with E-state index in [0.717, 1.165) is 19.6 Å². The van der Waals surface area contributed by atoms with Gasteiger partial charge in [0.05, 0.1) is 13.2 Å². The molecule has 0 N–H and O–H groups in total. The van der Waals surface area contributed by atoms with Gasteiger partial charge in [-0.1, -0.05) is 12.8 Å². The molecule has 0 atom stereocenters. The molecule has 1 rings (SSSR count). The van der Waals surface area contributed by atoms with E-state index in [2.05, 4.69) is 39.5 Å². The summed E-state index contributed by atoms with van der Waals surface area (Å²) in [7, 11) is 0. The zero-order chi connectivity index (χ0) is 9.24. The molecule has 1 aliphatic heterocycles. The minimum atomic E-state index is 0.140. The lowest BCUT2D eigenvalue weighted by molar-refractivity contribution is -0.0977. The van der Waals surface area contributed by atoms with Crippen molar-refractivity contribution in [3.05, 3.63) is 0 Å². The second kappa shape index (κ2) is 3.11. The molecule has 1 fully saturated rings. The Morgan fingerprint density at radius 3 is 2.25 bits per heavy atom. The van der Waals surface area contributed by atoms with E-state index in [1.54, 1.807) is 0 Å². The molecule has 0 saturated carbocycles. The molecule has 1 heterocycles. The van der Waals surface area contributed by atoms with Crippen LogP contribution in [0.1, 0.15) is 34.1 Å². The number of hydrogen-bond donors (Lipinski definition) is 0. The van der Waals surface area contributed by atoms with Crippen molar-refractivity contribution in [3.8, 4) is 11.8 Å². The first kappa shape index (κ1) is 9.61. The Bertz CT molecular complexity index is 207. The van der Waals surface area contributed by atoms with Crippen LogP contribution in [0.5, 0.6) is 0 Å². The van der Waals surface area contributed by atoms with Crippen molar-refractivity contribution in [1.82, 2.24) is 0 Å². The topological polar surface area (TPSA) is 9.23 Å². The van der Waals surface area contributed by atoms with Gasteiger partial charge in [0.25, 0.3) is 0 Å². The summed E-state index contributed by atoms with van der Waals surface area (Å²) >= 11 is 0. The normalized spacial score (nSPS) is 20.7. The summed E-state index contributed by atoms with van der Waals surface area (Å²) < 4.78 is 5.15. The highest BCUT2D eigenvalue weighted by molar-refractivity contribution is 5.09. The monoisotopic (exact) mass is 166 g/mol. The second-order valence-electron chi connectivity index (χ2n) is 5.03. The third-order valence-electron chi connectivity index (χ3n) is 1.88. The third kappa shape index (κ3) is 2.87. The third-order valence-corrected chi connectivity index (χ3v) is 1.88. The van der Waals surface area contributed by atoms with Crippen molar-refractivity contribution in [3.63, 3.8) is 0 Å². The molecular weight excluding hydrogens is 148 g/mol. The van der Waals surface area contributed by atoms with Crippen molar-refractivity contribution < 1.29 is 4.74 Å². The highest BCUT2D eigenvalue weighted by atomic mass is 16.5. The van der Waals surface area contributed by atoms with Crippen LogP contribution >= 0.6 is 0 Å². The zero-order valence-electron chi connectivity index (χ0n) is 8.53. The largest absolute Gasteiger partial charge is 0.380 e. The molecule has 1 saturated heterocycles. The van der Waals surface area contributed by atoms with Gasteiger partial charge in [0.1, 0.15) is 0 Å². The van der Waals surface area contributed by atoms with Gasteiger partial charge >= 0.3 is 0 Å². The maximum Gasteiger partial charge on any atom is 0.0551 e.